The van der Waals surface area contributed by atoms with Crippen LogP contribution in [0.2, 0.25) is 5.02 Å². The molecule has 1 aliphatic rings. The fraction of sp³-hybridized carbons (Fsp3) is 0.500. The van der Waals surface area contributed by atoms with Crippen LogP contribution in [0.15, 0.2) is 32.8 Å². The number of hydrogen-bond donors (Lipinski definition) is 3. The Hall–Kier alpha value is -1.35. The van der Waals surface area contributed by atoms with Gasteiger partial charge in [-0.2, -0.15) is 5.11 Å². The molecule has 3 unspecified atom stereocenters. The smallest absolute Gasteiger partial charge is 0.261 e. The number of piperidine rings is 1. The summed E-state index contributed by atoms with van der Waals surface area (Å²) in [6.07, 6.45) is 3.20. The van der Waals surface area contributed by atoms with Gasteiger partial charge in [-0.1, -0.05) is 11.6 Å². The zero-order valence-corrected chi connectivity index (χ0v) is 15.8. The van der Waals surface area contributed by atoms with Gasteiger partial charge in [-0.25, -0.2) is 10.5 Å². The molecule has 134 valence electrons. The van der Waals surface area contributed by atoms with E-state index in [0.29, 0.717) is 26.8 Å². The van der Waals surface area contributed by atoms with E-state index >= 15 is 0 Å². The highest BCUT2D eigenvalue weighted by Gasteiger charge is 2.26. The van der Waals surface area contributed by atoms with E-state index in [1.807, 2.05) is 0 Å². The number of rotatable bonds is 5. The number of aliphatic hydroxyl groups excluding tert-OH is 1. The van der Waals surface area contributed by atoms with Crippen molar-refractivity contribution in [3.8, 4) is 0 Å². The fourth-order valence-electron chi connectivity index (χ4n) is 3.15. The van der Waals surface area contributed by atoms with E-state index < -0.39 is 12.1 Å². The summed E-state index contributed by atoms with van der Waals surface area (Å²) in [5.41, 5.74) is 7.78. The average Bonchev–Trinajstić information content (AvgIpc) is 2.60. The molecule has 1 aromatic carbocycles. The van der Waals surface area contributed by atoms with E-state index in [4.69, 9.17) is 17.1 Å². The molecule has 25 heavy (non-hydrogen) atoms. The van der Waals surface area contributed by atoms with E-state index in [2.05, 4.69) is 31.3 Å². The highest BCUT2D eigenvalue weighted by atomic mass is 79.9. The molecule has 3 N–H and O–H groups in total. The maximum Gasteiger partial charge on any atom is 0.261 e. The summed E-state index contributed by atoms with van der Waals surface area (Å²) in [4.78, 5) is 17.0. The van der Waals surface area contributed by atoms with Crippen molar-refractivity contribution in [1.29, 1.82) is 5.53 Å². The Morgan fingerprint density at radius 3 is 3.08 bits per heavy atom. The number of nitrogens with zero attached hydrogens (tertiary/aromatic N) is 3. The maximum atomic E-state index is 12.7. The topological polar surface area (TPSA) is 103 Å². The molecular weight excluding hydrogens is 410 g/mol. The second-order valence-corrected chi connectivity index (χ2v) is 7.54. The van der Waals surface area contributed by atoms with Gasteiger partial charge >= 0.3 is 0 Å². The number of aliphatic hydroxyl groups is 1. The van der Waals surface area contributed by atoms with Crippen LogP contribution in [0.4, 0.5) is 0 Å². The van der Waals surface area contributed by atoms with Crippen LogP contribution in [0.5, 0.6) is 0 Å². The number of halogens is 2. The van der Waals surface area contributed by atoms with Gasteiger partial charge in [0.15, 0.2) is 0 Å². The minimum atomic E-state index is -0.444. The largest absolute Gasteiger partial charge is 0.392 e. The summed E-state index contributed by atoms with van der Waals surface area (Å²) in [7, 11) is 0. The minimum Gasteiger partial charge on any atom is -0.392 e. The molecule has 0 saturated carbocycles. The van der Waals surface area contributed by atoms with Crippen LogP contribution >= 0.6 is 27.5 Å². The monoisotopic (exact) mass is 427 g/mol. The number of benzene rings is 1. The van der Waals surface area contributed by atoms with Gasteiger partial charge in [0.2, 0.25) is 0 Å². The van der Waals surface area contributed by atoms with Crippen LogP contribution in [0.1, 0.15) is 19.3 Å². The molecule has 2 aromatic rings. The number of nitrogens with one attached hydrogen (secondary N) is 2. The van der Waals surface area contributed by atoms with Gasteiger partial charge in [0, 0.05) is 10.5 Å². The lowest BCUT2D eigenvalue weighted by atomic mass is 9.95. The third-order valence-electron chi connectivity index (χ3n) is 4.53. The van der Waals surface area contributed by atoms with Crippen LogP contribution in [-0.4, -0.2) is 39.4 Å². The Balaban J connectivity index is 1.83. The van der Waals surface area contributed by atoms with E-state index in [0.717, 1.165) is 19.4 Å². The van der Waals surface area contributed by atoms with Gasteiger partial charge in [-0.3, -0.25) is 9.36 Å². The lowest BCUT2D eigenvalue weighted by Gasteiger charge is -2.30. The summed E-state index contributed by atoms with van der Waals surface area (Å²) in [6.45, 7) is 1.08. The zero-order valence-electron chi connectivity index (χ0n) is 13.5. The molecular formula is C16H19BrClN5O2. The minimum absolute atomic E-state index is 0.109. The maximum absolute atomic E-state index is 12.7. The van der Waals surface area contributed by atoms with Gasteiger partial charge in [0.1, 0.15) is 0 Å². The van der Waals surface area contributed by atoms with E-state index in [1.54, 1.807) is 12.1 Å². The van der Waals surface area contributed by atoms with Gasteiger partial charge in [0.05, 0.1) is 40.9 Å². The average molecular weight is 429 g/mol. The van der Waals surface area contributed by atoms with E-state index in [-0.39, 0.29) is 18.1 Å². The first-order valence-electron chi connectivity index (χ1n) is 8.12. The first kappa shape index (κ1) is 18.4. The van der Waals surface area contributed by atoms with Gasteiger partial charge in [-0.05, 0) is 53.9 Å². The molecule has 2 heterocycles. The fourth-order valence-corrected chi connectivity index (χ4v) is 3.64. The molecule has 0 bridgehead atoms. The molecule has 0 spiro atoms. The van der Waals surface area contributed by atoms with E-state index in [1.165, 1.54) is 10.9 Å². The van der Waals surface area contributed by atoms with Crippen molar-refractivity contribution in [2.45, 2.75) is 44.0 Å². The van der Waals surface area contributed by atoms with Gasteiger partial charge < -0.3 is 10.4 Å². The van der Waals surface area contributed by atoms with Gasteiger partial charge in [0.25, 0.3) is 5.56 Å². The molecule has 3 atom stereocenters. The molecule has 1 fully saturated rings. The Morgan fingerprint density at radius 2 is 2.36 bits per heavy atom. The van der Waals surface area contributed by atoms with Crippen LogP contribution < -0.4 is 10.9 Å². The Morgan fingerprint density at radius 1 is 1.56 bits per heavy atom. The van der Waals surface area contributed by atoms with Crippen molar-refractivity contribution < 1.29 is 5.11 Å². The molecule has 3 rings (SSSR count). The first-order valence-corrected chi connectivity index (χ1v) is 9.29. The SMILES string of the molecule is N=NC(CC1NCCCC1O)Cn1cnc2cc(Br)c(Cl)cc2c1=O. The van der Waals surface area contributed by atoms with Crippen LogP contribution in [0.25, 0.3) is 10.9 Å². The summed E-state index contributed by atoms with van der Waals surface area (Å²) in [5, 5.41) is 17.8. The van der Waals surface area contributed by atoms with E-state index in [9.17, 15) is 9.90 Å². The predicted molar refractivity (Wildman–Crippen MR) is 99.3 cm³/mol. The molecule has 0 aliphatic carbocycles. The Kier molecular flexibility index (Phi) is 5.83. The van der Waals surface area contributed by atoms with Crippen LogP contribution in [-0.2, 0) is 6.54 Å². The third kappa shape index (κ3) is 4.08. The Bertz CT molecular complexity index is 843. The molecule has 0 radical (unpaired) electrons. The number of aromatic nitrogens is 2. The quantitative estimate of drug-likeness (QED) is 0.637. The third-order valence-corrected chi connectivity index (χ3v) is 5.73. The lowest BCUT2D eigenvalue weighted by molar-refractivity contribution is 0.0877. The molecule has 1 aromatic heterocycles. The zero-order chi connectivity index (χ0) is 18.0. The number of fused-ring (bicyclic) bond motifs is 1. The predicted octanol–water partition coefficient (Wildman–Crippen LogP) is 2.71. The standard InChI is InChI=1S/C16H19BrClN5O2/c17-11-6-13-10(5-12(11)18)16(25)23(8-21-13)7-9(22-19)4-14-15(24)2-1-3-20-14/h5-6,8-9,14-15,19-20,24H,1-4,7H2. The highest BCUT2D eigenvalue weighted by molar-refractivity contribution is 9.10. The molecule has 7 nitrogen and oxygen atoms in total. The van der Waals surface area contributed by atoms with Crippen molar-refractivity contribution in [2.24, 2.45) is 5.11 Å². The Labute approximate surface area is 158 Å². The van der Waals surface area contributed by atoms with Crippen LogP contribution in [0.3, 0.4) is 0 Å². The summed E-state index contributed by atoms with van der Waals surface area (Å²) < 4.78 is 2.13. The lowest BCUT2D eigenvalue weighted by Crippen LogP contribution is -2.46. The summed E-state index contributed by atoms with van der Waals surface area (Å²) in [5.74, 6) is 0. The van der Waals surface area contributed by atoms with Crippen LogP contribution in [0, 0.1) is 5.53 Å². The van der Waals surface area contributed by atoms with Crippen molar-refractivity contribution in [3.63, 3.8) is 0 Å². The summed E-state index contributed by atoms with van der Waals surface area (Å²) in [6, 6.07) is 2.78. The van der Waals surface area contributed by atoms with Crippen molar-refractivity contribution >= 4 is 38.4 Å². The first-order chi connectivity index (χ1) is 12.0. The van der Waals surface area contributed by atoms with Crippen molar-refractivity contribution in [2.75, 3.05) is 6.54 Å². The number of hydrogen-bond acceptors (Lipinski definition) is 6. The van der Waals surface area contributed by atoms with Crippen molar-refractivity contribution in [3.05, 3.63) is 38.3 Å². The molecule has 9 heteroatoms. The second-order valence-electron chi connectivity index (χ2n) is 6.27. The van der Waals surface area contributed by atoms with Gasteiger partial charge in [-0.15, -0.1) is 0 Å². The normalized spacial score (nSPS) is 22.0. The second kappa shape index (κ2) is 7.90. The molecule has 1 saturated heterocycles. The highest BCUT2D eigenvalue weighted by Crippen LogP contribution is 2.25. The molecule has 0 amide bonds. The molecule has 1 aliphatic heterocycles. The van der Waals surface area contributed by atoms with Crippen molar-refractivity contribution in [1.82, 2.24) is 14.9 Å². The summed E-state index contributed by atoms with van der Waals surface area (Å²) >= 11 is 9.40.